The maximum absolute atomic E-state index is 11.2. The Hall–Kier alpha value is -0.570. The lowest BCUT2D eigenvalue weighted by atomic mass is 10.2. The van der Waals surface area contributed by atoms with Crippen molar-refractivity contribution >= 4 is 5.91 Å². The number of amides is 1. The van der Waals surface area contributed by atoms with Gasteiger partial charge in [-0.15, -0.1) is 0 Å². The van der Waals surface area contributed by atoms with Gasteiger partial charge in [0.25, 0.3) is 0 Å². The van der Waals surface area contributed by atoms with E-state index >= 15 is 0 Å². The molecule has 0 aromatic heterocycles. The molecule has 0 aromatic carbocycles. The van der Waals surface area contributed by atoms with Crippen LogP contribution >= 0.6 is 0 Å². The topological polar surface area (TPSA) is 55.1 Å². The third-order valence-electron chi connectivity index (χ3n) is 2.40. The highest BCUT2D eigenvalue weighted by Gasteiger charge is 2.20. The van der Waals surface area contributed by atoms with E-state index in [1.807, 2.05) is 6.92 Å². The highest BCUT2D eigenvalue weighted by atomic mass is 16.1. The Balaban J connectivity index is 1.90. The molecule has 3 N–H and O–H groups in total. The first-order valence-electron chi connectivity index (χ1n) is 5.20. The summed E-state index contributed by atoms with van der Waals surface area (Å²) in [5, 5.41) is 2.91. The van der Waals surface area contributed by atoms with Crippen LogP contribution in [0, 0.1) is 5.92 Å². The van der Waals surface area contributed by atoms with E-state index in [2.05, 4.69) is 5.32 Å². The van der Waals surface area contributed by atoms with Crippen LogP contribution in [0.25, 0.3) is 0 Å². The van der Waals surface area contributed by atoms with Crippen LogP contribution in [0.2, 0.25) is 0 Å². The zero-order valence-electron chi connectivity index (χ0n) is 8.38. The maximum Gasteiger partial charge on any atom is 0.220 e. The van der Waals surface area contributed by atoms with E-state index in [0.29, 0.717) is 6.42 Å². The highest BCUT2D eigenvalue weighted by Crippen LogP contribution is 2.31. The fraction of sp³-hybridized carbons (Fsp3) is 0.900. The molecular weight excluding hydrogens is 164 g/mol. The number of hydrogen-bond donors (Lipinski definition) is 2. The van der Waals surface area contributed by atoms with Crippen molar-refractivity contribution in [3.63, 3.8) is 0 Å². The van der Waals surface area contributed by atoms with Crippen molar-refractivity contribution in [3.05, 3.63) is 0 Å². The number of hydrogen-bond acceptors (Lipinski definition) is 2. The largest absolute Gasteiger partial charge is 0.356 e. The molecular formula is C10H20N2O. The molecule has 1 atom stereocenters. The van der Waals surface area contributed by atoms with Crippen molar-refractivity contribution in [1.82, 2.24) is 5.32 Å². The molecule has 1 saturated carbocycles. The Kier molecular flexibility index (Phi) is 4.22. The molecule has 1 unspecified atom stereocenters. The van der Waals surface area contributed by atoms with E-state index in [-0.39, 0.29) is 11.9 Å². The van der Waals surface area contributed by atoms with Crippen LogP contribution in [0.4, 0.5) is 0 Å². The predicted molar refractivity (Wildman–Crippen MR) is 53.2 cm³/mol. The molecule has 1 aliphatic rings. The normalized spacial score (nSPS) is 18.3. The number of nitrogens with one attached hydrogen (secondary N) is 1. The molecule has 3 nitrogen and oxygen atoms in total. The molecule has 0 aromatic rings. The molecule has 0 spiro atoms. The summed E-state index contributed by atoms with van der Waals surface area (Å²) in [4.78, 5) is 11.2. The summed E-state index contributed by atoms with van der Waals surface area (Å²) in [6, 6.07) is 0.134. The second kappa shape index (κ2) is 5.22. The molecule has 0 saturated heterocycles. The van der Waals surface area contributed by atoms with Crippen molar-refractivity contribution in [2.45, 2.75) is 45.1 Å². The van der Waals surface area contributed by atoms with Gasteiger partial charge in [0, 0.05) is 19.0 Å². The second-order valence-electron chi connectivity index (χ2n) is 4.10. The minimum absolute atomic E-state index is 0.134. The SMILES string of the molecule is CC(N)CCC(=O)NCCC1CC1. The van der Waals surface area contributed by atoms with Gasteiger partial charge in [-0.25, -0.2) is 0 Å². The minimum atomic E-state index is 0.134. The lowest BCUT2D eigenvalue weighted by Crippen LogP contribution is -2.26. The Bertz CT molecular complexity index is 164. The van der Waals surface area contributed by atoms with Gasteiger partial charge >= 0.3 is 0 Å². The summed E-state index contributed by atoms with van der Waals surface area (Å²) in [6.07, 6.45) is 5.23. The molecule has 0 bridgehead atoms. The van der Waals surface area contributed by atoms with E-state index < -0.39 is 0 Å². The summed E-state index contributed by atoms with van der Waals surface area (Å²) in [7, 11) is 0. The molecule has 13 heavy (non-hydrogen) atoms. The van der Waals surface area contributed by atoms with Crippen molar-refractivity contribution < 1.29 is 4.79 Å². The highest BCUT2D eigenvalue weighted by molar-refractivity contribution is 5.75. The molecule has 1 amide bonds. The average molecular weight is 184 g/mol. The summed E-state index contributed by atoms with van der Waals surface area (Å²) < 4.78 is 0. The minimum Gasteiger partial charge on any atom is -0.356 e. The third kappa shape index (κ3) is 5.64. The van der Waals surface area contributed by atoms with E-state index in [1.165, 1.54) is 12.8 Å². The van der Waals surface area contributed by atoms with Gasteiger partial charge in [-0.3, -0.25) is 4.79 Å². The van der Waals surface area contributed by atoms with Gasteiger partial charge in [0.2, 0.25) is 5.91 Å². The molecule has 76 valence electrons. The van der Waals surface area contributed by atoms with Gasteiger partial charge in [0.05, 0.1) is 0 Å². The van der Waals surface area contributed by atoms with Crippen molar-refractivity contribution in [1.29, 1.82) is 0 Å². The summed E-state index contributed by atoms with van der Waals surface area (Å²) in [5.41, 5.74) is 5.55. The lowest BCUT2D eigenvalue weighted by molar-refractivity contribution is -0.121. The van der Waals surface area contributed by atoms with Crippen LogP contribution in [0.5, 0.6) is 0 Å². The van der Waals surface area contributed by atoms with Gasteiger partial charge in [-0.1, -0.05) is 12.8 Å². The van der Waals surface area contributed by atoms with Crippen molar-refractivity contribution in [3.8, 4) is 0 Å². The van der Waals surface area contributed by atoms with Crippen LogP contribution in [-0.2, 0) is 4.79 Å². The average Bonchev–Trinajstić information content (AvgIpc) is 2.84. The van der Waals surface area contributed by atoms with E-state index in [9.17, 15) is 4.79 Å². The van der Waals surface area contributed by atoms with Gasteiger partial charge in [0.1, 0.15) is 0 Å². The Morgan fingerprint density at radius 3 is 2.85 bits per heavy atom. The molecule has 3 heteroatoms. The van der Waals surface area contributed by atoms with Crippen LogP contribution in [0.15, 0.2) is 0 Å². The Morgan fingerprint density at radius 1 is 1.62 bits per heavy atom. The van der Waals surface area contributed by atoms with E-state index in [4.69, 9.17) is 5.73 Å². The molecule has 0 aliphatic heterocycles. The van der Waals surface area contributed by atoms with Crippen LogP contribution < -0.4 is 11.1 Å². The summed E-state index contributed by atoms with van der Waals surface area (Å²) in [6.45, 7) is 2.78. The monoisotopic (exact) mass is 184 g/mol. The smallest absolute Gasteiger partial charge is 0.220 e. The molecule has 1 fully saturated rings. The number of nitrogens with two attached hydrogens (primary N) is 1. The Labute approximate surface area is 80.1 Å². The number of carbonyl (C=O) groups excluding carboxylic acids is 1. The first-order chi connectivity index (χ1) is 6.18. The first-order valence-corrected chi connectivity index (χ1v) is 5.20. The fourth-order valence-corrected chi connectivity index (χ4v) is 1.27. The predicted octanol–water partition coefficient (Wildman–Crippen LogP) is 1.03. The standard InChI is InChI=1S/C10H20N2O/c1-8(11)2-5-10(13)12-7-6-9-3-4-9/h8-9H,2-7,11H2,1H3,(H,12,13). The van der Waals surface area contributed by atoms with Crippen LogP contribution in [0.3, 0.4) is 0 Å². The zero-order valence-corrected chi connectivity index (χ0v) is 8.38. The van der Waals surface area contributed by atoms with Crippen LogP contribution in [-0.4, -0.2) is 18.5 Å². The third-order valence-corrected chi connectivity index (χ3v) is 2.40. The van der Waals surface area contributed by atoms with Gasteiger partial charge < -0.3 is 11.1 Å². The van der Waals surface area contributed by atoms with Gasteiger partial charge in [-0.05, 0) is 25.7 Å². The first kappa shape index (κ1) is 10.5. The quantitative estimate of drug-likeness (QED) is 0.648. The molecule has 1 rings (SSSR count). The van der Waals surface area contributed by atoms with Crippen molar-refractivity contribution in [2.75, 3.05) is 6.54 Å². The zero-order chi connectivity index (χ0) is 9.68. The van der Waals surface area contributed by atoms with Crippen molar-refractivity contribution in [2.24, 2.45) is 11.7 Å². The fourth-order valence-electron chi connectivity index (χ4n) is 1.27. The summed E-state index contributed by atoms with van der Waals surface area (Å²) in [5.74, 6) is 1.05. The summed E-state index contributed by atoms with van der Waals surface area (Å²) >= 11 is 0. The van der Waals surface area contributed by atoms with Gasteiger partial charge in [0.15, 0.2) is 0 Å². The van der Waals surface area contributed by atoms with E-state index in [1.54, 1.807) is 0 Å². The second-order valence-corrected chi connectivity index (χ2v) is 4.10. The number of rotatable bonds is 6. The lowest BCUT2D eigenvalue weighted by Gasteiger charge is -2.06. The molecule has 0 radical (unpaired) electrons. The molecule has 1 aliphatic carbocycles. The number of carbonyl (C=O) groups is 1. The van der Waals surface area contributed by atoms with Crippen LogP contribution in [0.1, 0.15) is 39.0 Å². The van der Waals surface area contributed by atoms with E-state index in [0.717, 1.165) is 25.3 Å². The molecule has 0 heterocycles. The maximum atomic E-state index is 11.2. The van der Waals surface area contributed by atoms with Gasteiger partial charge in [-0.2, -0.15) is 0 Å². The Morgan fingerprint density at radius 2 is 2.31 bits per heavy atom.